The summed E-state index contributed by atoms with van der Waals surface area (Å²) >= 11 is 1.41. The summed E-state index contributed by atoms with van der Waals surface area (Å²) in [6, 6.07) is 0. The minimum atomic E-state index is -4.14. The van der Waals surface area contributed by atoms with E-state index in [9.17, 15) is 13.2 Å². The first kappa shape index (κ1) is 14.6. The van der Waals surface area contributed by atoms with Gasteiger partial charge in [0, 0.05) is 5.92 Å². The van der Waals surface area contributed by atoms with E-state index in [1.165, 1.54) is 22.6 Å². The number of hydrogen-bond donors (Lipinski definition) is 0. The number of rotatable bonds is 2. The number of fused-ring (bicyclic) bond motifs is 1. The molecular weight excluding hydrogens is 303 g/mol. The summed E-state index contributed by atoms with van der Waals surface area (Å²) in [6.45, 7) is 0. The van der Waals surface area contributed by atoms with Crippen molar-refractivity contribution in [1.29, 1.82) is 0 Å². The van der Waals surface area contributed by atoms with Crippen LogP contribution >= 0.6 is 11.8 Å². The number of alkyl halides is 3. The van der Waals surface area contributed by atoms with E-state index in [0.717, 1.165) is 0 Å². The van der Waals surface area contributed by atoms with Crippen LogP contribution in [0, 0.1) is 5.92 Å². The standard InChI is InChI=1S/C12H14F3N5S/c1-21-11-10-19-18-9(20(10)17-6-16-11)7-3-2-4-8(5-7)12(13,14)15/h6-8H,2-5H2,1H3. The predicted molar refractivity (Wildman–Crippen MR) is 71.1 cm³/mol. The molecule has 21 heavy (non-hydrogen) atoms. The van der Waals surface area contributed by atoms with Crippen molar-refractivity contribution < 1.29 is 13.2 Å². The number of halogens is 3. The fourth-order valence-electron chi connectivity index (χ4n) is 2.85. The molecule has 1 saturated carbocycles. The fraction of sp³-hybridized carbons (Fsp3) is 0.667. The zero-order chi connectivity index (χ0) is 15.0. The molecule has 3 rings (SSSR count). The van der Waals surface area contributed by atoms with Gasteiger partial charge in [-0.1, -0.05) is 6.42 Å². The highest BCUT2D eigenvalue weighted by molar-refractivity contribution is 7.98. The largest absolute Gasteiger partial charge is 0.391 e. The average Bonchev–Trinajstić information content (AvgIpc) is 2.90. The lowest BCUT2D eigenvalue weighted by Gasteiger charge is -2.29. The minimum Gasteiger partial charge on any atom is -0.224 e. The normalized spacial score (nSPS) is 23.6. The Morgan fingerprint density at radius 3 is 2.81 bits per heavy atom. The van der Waals surface area contributed by atoms with E-state index in [-0.39, 0.29) is 18.8 Å². The average molecular weight is 317 g/mol. The molecule has 0 spiro atoms. The summed E-state index contributed by atoms with van der Waals surface area (Å²) in [6.07, 6.45) is 0.589. The molecule has 2 aromatic heterocycles. The van der Waals surface area contributed by atoms with E-state index in [1.807, 2.05) is 6.26 Å². The maximum absolute atomic E-state index is 12.9. The van der Waals surface area contributed by atoms with Crippen molar-refractivity contribution in [3.63, 3.8) is 0 Å². The lowest BCUT2D eigenvalue weighted by Crippen LogP contribution is -2.28. The van der Waals surface area contributed by atoms with Crippen LogP contribution in [0.2, 0.25) is 0 Å². The Morgan fingerprint density at radius 2 is 2.10 bits per heavy atom. The van der Waals surface area contributed by atoms with Gasteiger partial charge < -0.3 is 0 Å². The van der Waals surface area contributed by atoms with Crippen molar-refractivity contribution in [3.8, 4) is 0 Å². The molecule has 0 amide bonds. The third-order valence-corrected chi connectivity index (χ3v) is 4.57. The number of aromatic nitrogens is 5. The van der Waals surface area contributed by atoms with Crippen LogP contribution in [0.4, 0.5) is 13.2 Å². The van der Waals surface area contributed by atoms with E-state index in [0.29, 0.717) is 29.3 Å². The molecule has 5 nitrogen and oxygen atoms in total. The van der Waals surface area contributed by atoms with Crippen LogP contribution in [-0.2, 0) is 0 Å². The van der Waals surface area contributed by atoms with E-state index in [2.05, 4.69) is 20.3 Å². The molecule has 9 heteroatoms. The maximum Gasteiger partial charge on any atom is 0.391 e. The van der Waals surface area contributed by atoms with Crippen LogP contribution in [0.25, 0.3) is 5.65 Å². The Kier molecular flexibility index (Phi) is 3.76. The third kappa shape index (κ3) is 2.70. The molecule has 2 heterocycles. The highest BCUT2D eigenvalue weighted by Gasteiger charge is 2.43. The van der Waals surface area contributed by atoms with E-state index in [1.54, 1.807) is 0 Å². The van der Waals surface area contributed by atoms with Crippen molar-refractivity contribution in [3.05, 3.63) is 12.2 Å². The van der Waals surface area contributed by atoms with Crippen LogP contribution in [0.5, 0.6) is 0 Å². The van der Waals surface area contributed by atoms with E-state index in [4.69, 9.17) is 0 Å². The molecule has 0 bridgehead atoms. The highest BCUT2D eigenvalue weighted by Crippen LogP contribution is 2.43. The zero-order valence-corrected chi connectivity index (χ0v) is 12.2. The molecule has 0 aliphatic heterocycles. The van der Waals surface area contributed by atoms with E-state index >= 15 is 0 Å². The van der Waals surface area contributed by atoms with Crippen LogP contribution in [0.3, 0.4) is 0 Å². The van der Waals surface area contributed by atoms with Crippen LogP contribution in [-0.4, -0.2) is 37.2 Å². The lowest BCUT2D eigenvalue weighted by atomic mass is 9.80. The first-order valence-electron chi connectivity index (χ1n) is 6.67. The van der Waals surface area contributed by atoms with Gasteiger partial charge in [-0.15, -0.1) is 22.0 Å². The summed E-state index contributed by atoms with van der Waals surface area (Å²) in [4.78, 5) is 4.09. The van der Waals surface area contributed by atoms with Gasteiger partial charge in [-0.2, -0.15) is 22.8 Å². The van der Waals surface area contributed by atoms with Crippen molar-refractivity contribution in [2.45, 2.75) is 42.8 Å². The molecule has 2 unspecified atom stereocenters. The van der Waals surface area contributed by atoms with Gasteiger partial charge in [0.2, 0.25) is 5.65 Å². The second kappa shape index (κ2) is 5.43. The maximum atomic E-state index is 12.9. The Morgan fingerprint density at radius 1 is 1.29 bits per heavy atom. The quantitative estimate of drug-likeness (QED) is 0.797. The number of thioether (sulfide) groups is 1. The summed E-state index contributed by atoms with van der Waals surface area (Å²) < 4.78 is 40.3. The summed E-state index contributed by atoms with van der Waals surface area (Å²) in [7, 11) is 0. The Bertz CT molecular complexity index is 641. The van der Waals surface area contributed by atoms with Gasteiger partial charge in [0.15, 0.2) is 5.82 Å². The lowest BCUT2D eigenvalue weighted by molar-refractivity contribution is -0.183. The van der Waals surface area contributed by atoms with Crippen molar-refractivity contribution in [2.75, 3.05) is 6.26 Å². The first-order chi connectivity index (χ1) is 10.0. The molecular formula is C12H14F3N5S. The fourth-order valence-corrected chi connectivity index (χ4v) is 3.31. The van der Waals surface area contributed by atoms with E-state index < -0.39 is 12.1 Å². The van der Waals surface area contributed by atoms with Gasteiger partial charge >= 0.3 is 6.18 Å². The zero-order valence-electron chi connectivity index (χ0n) is 11.3. The van der Waals surface area contributed by atoms with Crippen LogP contribution in [0.1, 0.15) is 37.4 Å². The van der Waals surface area contributed by atoms with Gasteiger partial charge in [-0.05, 0) is 25.5 Å². The van der Waals surface area contributed by atoms with Crippen LogP contribution in [0.15, 0.2) is 11.4 Å². The molecule has 2 aromatic rings. The van der Waals surface area contributed by atoms with Crippen molar-refractivity contribution in [1.82, 2.24) is 24.8 Å². The third-order valence-electron chi connectivity index (χ3n) is 3.89. The number of hydrogen-bond acceptors (Lipinski definition) is 5. The van der Waals surface area contributed by atoms with Crippen LogP contribution < -0.4 is 0 Å². The molecule has 0 radical (unpaired) electrons. The second-order valence-electron chi connectivity index (χ2n) is 5.16. The van der Waals surface area contributed by atoms with Gasteiger partial charge in [-0.3, -0.25) is 0 Å². The molecule has 1 aliphatic rings. The molecule has 1 aliphatic carbocycles. The minimum absolute atomic E-state index is 0.0584. The smallest absolute Gasteiger partial charge is 0.224 e. The summed E-state index contributed by atoms with van der Waals surface area (Å²) in [5, 5.41) is 12.9. The monoisotopic (exact) mass is 317 g/mol. The molecule has 1 fully saturated rings. The second-order valence-corrected chi connectivity index (χ2v) is 5.96. The molecule has 0 aromatic carbocycles. The molecule has 2 atom stereocenters. The van der Waals surface area contributed by atoms with Gasteiger partial charge in [0.25, 0.3) is 0 Å². The molecule has 114 valence electrons. The Hall–Kier alpha value is -1.38. The van der Waals surface area contributed by atoms with Gasteiger partial charge in [0.1, 0.15) is 11.4 Å². The number of nitrogens with zero attached hydrogens (tertiary/aromatic N) is 5. The van der Waals surface area contributed by atoms with Gasteiger partial charge in [0.05, 0.1) is 5.92 Å². The van der Waals surface area contributed by atoms with Crippen molar-refractivity contribution >= 4 is 17.4 Å². The molecule has 0 N–H and O–H groups in total. The Balaban J connectivity index is 1.94. The highest BCUT2D eigenvalue weighted by atomic mass is 32.2. The SMILES string of the molecule is CSc1ncnn2c(C3CCCC(C(F)(F)F)C3)nnc12. The summed E-state index contributed by atoms with van der Waals surface area (Å²) in [5.41, 5.74) is 0.508. The topological polar surface area (TPSA) is 56.0 Å². The summed E-state index contributed by atoms with van der Waals surface area (Å²) in [5.74, 6) is -1.01. The van der Waals surface area contributed by atoms with Gasteiger partial charge in [-0.25, -0.2) is 4.98 Å². The predicted octanol–water partition coefficient (Wildman–Crippen LogP) is 3.08. The Labute approximate surface area is 123 Å². The molecule has 0 saturated heterocycles. The van der Waals surface area contributed by atoms with Crippen molar-refractivity contribution in [2.24, 2.45) is 5.92 Å². The first-order valence-corrected chi connectivity index (χ1v) is 7.90.